The number of piperidine rings is 1. The number of hydrogen-bond donors (Lipinski definition) is 2. The summed E-state index contributed by atoms with van der Waals surface area (Å²) >= 11 is 0. The van der Waals surface area contributed by atoms with Gasteiger partial charge in [0.15, 0.2) is 11.5 Å². The van der Waals surface area contributed by atoms with Gasteiger partial charge in [-0.05, 0) is 32.5 Å². The third-order valence-electron chi connectivity index (χ3n) is 3.90. The summed E-state index contributed by atoms with van der Waals surface area (Å²) in [5.74, 6) is 0.205. The molecule has 122 valence electrons. The van der Waals surface area contributed by atoms with Gasteiger partial charge in [-0.1, -0.05) is 12.1 Å². The third kappa shape index (κ3) is 4.11. The zero-order valence-corrected chi connectivity index (χ0v) is 13.1. The van der Waals surface area contributed by atoms with Crippen LogP contribution in [0.5, 0.6) is 11.5 Å². The smallest absolute Gasteiger partial charge is 0.320 e. The number of ether oxygens (including phenoxy) is 2. The molecule has 0 aliphatic carbocycles. The van der Waals surface area contributed by atoms with E-state index in [1.807, 2.05) is 18.2 Å². The van der Waals surface area contributed by atoms with Gasteiger partial charge in [-0.2, -0.15) is 0 Å². The molecule has 1 heterocycles. The second-order valence-electron chi connectivity index (χ2n) is 5.74. The Balaban J connectivity index is 2.21. The van der Waals surface area contributed by atoms with Crippen molar-refractivity contribution in [1.29, 1.82) is 0 Å². The lowest BCUT2D eigenvalue weighted by atomic mass is 10.0. The van der Waals surface area contributed by atoms with E-state index in [0.29, 0.717) is 11.5 Å². The Morgan fingerprint density at radius 3 is 2.95 bits per heavy atom. The normalized spacial score (nSPS) is 20.4. The lowest BCUT2D eigenvalue weighted by molar-refractivity contribution is -0.138. The van der Waals surface area contributed by atoms with Crippen molar-refractivity contribution in [3.05, 3.63) is 23.8 Å². The first-order chi connectivity index (χ1) is 10.5. The monoisotopic (exact) mass is 308 g/mol. The van der Waals surface area contributed by atoms with Crippen LogP contribution >= 0.6 is 0 Å². The number of likely N-dealkylation sites (tertiary alicyclic amines) is 1. The largest absolute Gasteiger partial charge is 0.493 e. The highest BCUT2D eigenvalue weighted by atomic mass is 16.5. The van der Waals surface area contributed by atoms with Crippen LogP contribution in [0.3, 0.4) is 0 Å². The Labute approximate surface area is 130 Å². The first-order valence-electron chi connectivity index (χ1n) is 7.50. The minimum absolute atomic E-state index is 0.0786. The van der Waals surface area contributed by atoms with Crippen molar-refractivity contribution in [2.24, 2.45) is 5.73 Å². The fourth-order valence-corrected chi connectivity index (χ4v) is 2.72. The van der Waals surface area contributed by atoms with Crippen LogP contribution in [-0.4, -0.2) is 55.4 Å². The summed E-state index contributed by atoms with van der Waals surface area (Å²) in [6.45, 7) is 1.92. The van der Waals surface area contributed by atoms with Crippen LogP contribution in [0.4, 0.5) is 0 Å². The molecule has 1 aliphatic heterocycles. The van der Waals surface area contributed by atoms with Gasteiger partial charge >= 0.3 is 5.97 Å². The van der Waals surface area contributed by atoms with E-state index in [9.17, 15) is 4.79 Å². The zero-order valence-electron chi connectivity index (χ0n) is 13.1. The molecule has 0 radical (unpaired) electrons. The van der Waals surface area contributed by atoms with Crippen LogP contribution in [0.15, 0.2) is 18.2 Å². The first kappa shape index (κ1) is 16.6. The van der Waals surface area contributed by atoms with Gasteiger partial charge in [0, 0.05) is 18.5 Å². The average Bonchev–Trinajstić information content (AvgIpc) is 2.48. The molecule has 2 rings (SSSR count). The Morgan fingerprint density at radius 1 is 1.55 bits per heavy atom. The third-order valence-corrected chi connectivity index (χ3v) is 3.90. The molecule has 0 spiro atoms. The molecule has 2 unspecified atom stereocenters. The maximum absolute atomic E-state index is 11.0. The zero-order chi connectivity index (χ0) is 16.1. The summed E-state index contributed by atoms with van der Waals surface area (Å²) < 4.78 is 11.5. The maximum Gasteiger partial charge on any atom is 0.320 e. The van der Waals surface area contributed by atoms with Crippen LogP contribution in [0.25, 0.3) is 0 Å². The van der Waals surface area contributed by atoms with Gasteiger partial charge in [-0.25, -0.2) is 0 Å². The van der Waals surface area contributed by atoms with Crippen molar-refractivity contribution in [3.8, 4) is 11.5 Å². The van der Waals surface area contributed by atoms with Crippen LogP contribution in [-0.2, 0) is 11.2 Å². The number of benzene rings is 1. The van der Waals surface area contributed by atoms with Gasteiger partial charge in [0.1, 0.15) is 12.1 Å². The van der Waals surface area contributed by atoms with Crippen molar-refractivity contribution in [2.45, 2.75) is 31.4 Å². The quantitative estimate of drug-likeness (QED) is 0.819. The van der Waals surface area contributed by atoms with E-state index in [1.165, 1.54) is 0 Å². The van der Waals surface area contributed by atoms with Crippen molar-refractivity contribution in [3.63, 3.8) is 0 Å². The van der Waals surface area contributed by atoms with Gasteiger partial charge in [0.05, 0.1) is 7.11 Å². The first-order valence-corrected chi connectivity index (χ1v) is 7.50. The standard InChI is InChI=1S/C16H24N2O4/c1-18-8-4-6-12(10-18)22-15-11(9-13(17)16(19)20)5-3-7-14(15)21-2/h3,5,7,12-13H,4,6,8-10,17H2,1-2H3,(H,19,20). The highest BCUT2D eigenvalue weighted by molar-refractivity contribution is 5.73. The van der Waals surface area contributed by atoms with Gasteiger partial charge in [-0.3, -0.25) is 4.79 Å². The Morgan fingerprint density at radius 2 is 2.32 bits per heavy atom. The average molecular weight is 308 g/mol. The fourth-order valence-electron chi connectivity index (χ4n) is 2.72. The predicted octanol–water partition coefficient (Wildman–Crippen LogP) is 1.12. The van der Waals surface area contributed by atoms with E-state index in [2.05, 4.69) is 11.9 Å². The topological polar surface area (TPSA) is 85.0 Å². The molecule has 6 heteroatoms. The summed E-state index contributed by atoms with van der Waals surface area (Å²) in [6, 6.07) is 4.52. The van der Waals surface area contributed by atoms with Crippen molar-refractivity contribution in [1.82, 2.24) is 4.90 Å². The molecule has 0 aromatic heterocycles. The summed E-state index contributed by atoms with van der Waals surface area (Å²) in [4.78, 5) is 13.2. The second kappa shape index (κ2) is 7.47. The number of hydrogen-bond acceptors (Lipinski definition) is 5. The molecule has 0 bridgehead atoms. The van der Waals surface area contributed by atoms with Crippen LogP contribution in [0.2, 0.25) is 0 Å². The van der Waals surface area contributed by atoms with Gasteiger partial charge in [0.2, 0.25) is 0 Å². The van der Waals surface area contributed by atoms with Gasteiger partial charge < -0.3 is 25.2 Å². The number of likely N-dealkylation sites (N-methyl/N-ethyl adjacent to an activating group) is 1. The molecule has 0 amide bonds. The lowest BCUT2D eigenvalue weighted by Crippen LogP contribution is -2.39. The number of methoxy groups -OCH3 is 1. The summed E-state index contributed by atoms with van der Waals surface area (Å²) in [7, 11) is 3.65. The molecule has 3 N–H and O–H groups in total. The van der Waals surface area contributed by atoms with Crippen molar-refractivity contribution < 1.29 is 19.4 Å². The van der Waals surface area contributed by atoms with E-state index in [-0.39, 0.29) is 12.5 Å². The highest BCUT2D eigenvalue weighted by Crippen LogP contribution is 2.33. The number of aliphatic carboxylic acids is 1. The van der Waals surface area contributed by atoms with Crippen LogP contribution < -0.4 is 15.2 Å². The Kier molecular flexibility index (Phi) is 5.63. The molecule has 22 heavy (non-hydrogen) atoms. The number of carbonyl (C=O) groups is 1. The number of rotatable bonds is 6. The maximum atomic E-state index is 11.0. The highest BCUT2D eigenvalue weighted by Gasteiger charge is 2.23. The van der Waals surface area contributed by atoms with Crippen molar-refractivity contribution >= 4 is 5.97 Å². The minimum Gasteiger partial charge on any atom is -0.493 e. The molecular weight excluding hydrogens is 284 g/mol. The number of nitrogens with zero attached hydrogens (tertiary/aromatic N) is 1. The molecule has 1 aromatic carbocycles. The summed E-state index contributed by atoms with van der Waals surface area (Å²) in [5.41, 5.74) is 6.43. The minimum atomic E-state index is -1.02. The SMILES string of the molecule is COc1cccc(CC(N)C(=O)O)c1OC1CCCN(C)C1. The Hall–Kier alpha value is -1.79. The van der Waals surface area contributed by atoms with Crippen LogP contribution in [0, 0.1) is 0 Å². The Bertz CT molecular complexity index is 521. The summed E-state index contributed by atoms with van der Waals surface area (Å²) in [5, 5.41) is 9.01. The van der Waals surface area contributed by atoms with E-state index >= 15 is 0 Å². The van der Waals surface area contributed by atoms with E-state index in [0.717, 1.165) is 31.5 Å². The molecule has 1 aliphatic rings. The van der Waals surface area contributed by atoms with Gasteiger partial charge in [0.25, 0.3) is 0 Å². The molecule has 1 fully saturated rings. The van der Waals surface area contributed by atoms with Crippen LogP contribution in [0.1, 0.15) is 18.4 Å². The fraction of sp³-hybridized carbons (Fsp3) is 0.562. The van der Waals surface area contributed by atoms with E-state index in [4.69, 9.17) is 20.3 Å². The molecule has 1 aromatic rings. The lowest BCUT2D eigenvalue weighted by Gasteiger charge is -2.31. The molecule has 1 saturated heterocycles. The predicted molar refractivity (Wildman–Crippen MR) is 83.5 cm³/mol. The number of carboxylic acid groups (broad SMARTS) is 1. The molecule has 0 saturated carbocycles. The van der Waals surface area contributed by atoms with E-state index < -0.39 is 12.0 Å². The number of carboxylic acids is 1. The van der Waals surface area contributed by atoms with Gasteiger partial charge in [-0.15, -0.1) is 0 Å². The molecule has 6 nitrogen and oxygen atoms in total. The second-order valence-corrected chi connectivity index (χ2v) is 5.74. The van der Waals surface area contributed by atoms with E-state index in [1.54, 1.807) is 7.11 Å². The number of para-hydroxylation sites is 1. The number of nitrogens with two attached hydrogens (primary N) is 1. The molecular formula is C16H24N2O4. The summed E-state index contributed by atoms with van der Waals surface area (Å²) in [6.07, 6.45) is 2.35. The molecule has 2 atom stereocenters. The van der Waals surface area contributed by atoms with Crippen molar-refractivity contribution in [2.75, 3.05) is 27.2 Å².